The number of nitrogens with zero attached hydrogens (tertiary/aromatic N) is 2. The van der Waals surface area contributed by atoms with Crippen LogP contribution in [0.15, 0.2) is 10.7 Å². The van der Waals surface area contributed by atoms with Crippen LogP contribution in [0.5, 0.6) is 0 Å². The number of carbonyl (C=O) groups excluding carboxylic acids is 1. The molecule has 0 fully saturated rings. The topological polar surface area (TPSA) is 44.1 Å². The number of ketones is 1. The maximum atomic E-state index is 12.5. The Bertz CT molecular complexity index is 384. The lowest BCUT2D eigenvalue weighted by Gasteiger charge is -2.16. The van der Waals surface area contributed by atoms with Gasteiger partial charge in [0.1, 0.15) is 11.8 Å². The van der Waals surface area contributed by atoms with Crippen LogP contribution in [0.3, 0.4) is 0 Å². The van der Waals surface area contributed by atoms with Crippen LogP contribution in [-0.4, -0.2) is 28.3 Å². The highest BCUT2D eigenvalue weighted by Crippen LogP contribution is 2.20. The van der Waals surface area contributed by atoms with Crippen molar-refractivity contribution in [1.29, 1.82) is 0 Å². The van der Waals surface area contributed by atoms with Gasteiger partial charge < -0.3 is 4.74 Å². The molecule has 102 valence electrons. The van der Waals surface area contributed by atoms with Gasteiger partial charge in [-0.25, -0.2) is 0 Å². The van der Waals surface area contributed by atoms with E-state index in [-0.39, 0.29) is 11.9 Å². The fraction of sp³-hybridized carbons (Fsp3) is 0.692. The monoisotopic (exact) mass is 316 g/mol. The van der Waals surface area contributed by atoms with Crippen molar-refractivity contribution in [3.63, 3.8) is 0 Å². The van der Waals surface area contributed by atoms with E-state index in [1.165, 1.54) is 0 Å². The molecular weight excluding hydrogens is 296 g/mol. The number of aromatic nitrogens is 2. The second-order valence-corrected chi connectivity index (χ2v) is 5.02. The number of Topliss-reactive ketones (excluding diaryl/α,β-unsaturated/α-hetero) is 1. The second kappa shape index (κ2) is 7.69. The molecule has 0 N–H and O–H groups in total. The van der Waals surface area contributed by atoms with Crippen LogP contribution in [0.2, 0.25) is 0 Å². The quantitative estimate of drug-likeness (QED) is 0.690. The van der Waals surface area contributed by atoms with Crippen molar-refractivity contribution in [3.05, 3.63) is 16.4 Å². The average Bonchev–Trinajstić information content (AvgIpc) is 2.70. The Kier molecular flexibility index (Phi) is 6.57. The Morgan fingerprint density at radius 3 is 2.72 bits per heavy atom. The van der Waals surface area contributed by atoms with Crippen LogP contribution >= 0.6 is 15.9 Å². The van der Waals surface area contributed by atoms with Crippen LogP contribution in [0.4, 0.5) is 0 Å². The number of halogens is 1. The highest BCUT2D eigenvalue weighted by atomic mass is 79.9. The summed E-state index contributed by atoms with van der Waals surface area (Å²) in [5, 5.41) is 4.22. The molecule has 0 aromatic carbocycles. The van der Waals surface area contributed by atoms with Gasteiger partial charge >= 0.3 is 0 Å². The summed E-state index contributed by atoms with van der Waals surface area (Å²) in [5.41, 5.74) is 0.628. The first-order valence-electron chi connectivity index (χ1n) is 6.52. The highest BCUT2D eigenvalue weighted by molar-refractivity contribution is 9.10. The van der Waals surface area contributed by atoms with Gasteiger partial charge in [-0.15, -0.1) is 0 Å². The van der Waals surface area contributed by atoms with Crippen molar-refractivity contribution in [2.24, 2.45) is 0 Å². The molecule has 4 nitrogen and oxygen atoms in total. The SMILES string of the molecule is CCCC(OCC)C(=O)c1c(Br)cnn1CCC. The van der Waals surface area contributed by atoms with Crippen molar-refractivity contribution >= 4 is 21.7 Å². The van der Waals surface area contributed by atoms with Gasteiger partial charge in [0.2, 0.25) is 5.78 Å². The molecule has 1 aromatic rings. The summed E-state index contributed by atoms with van der Waals surface area (Å²) >= 11 is 3.40. The van der Waals surface area contributed by atoms with Gasteiger partial charge in [0.15, 0.2) is 0 Å². The van der Waals surface area contributed by atoms with E-state index in [1.54, 1.807) is 10.9 Å². The van der Waals surface area contributed by atoms with E-state index in [0.717, 1.165) is 30.3 Å². The molecule has 0 aliphatic rings. The Morgan fingerprint density at radius 2 is 2.17 bits per heavy atom. The number of ether oxygens (including phenoxy) is 1. The Labute approximate surface area is 117 Å². The highest BCUT2D eigenvalue weighted by Gasteiger charge is 2.25. The van der Waals surface area contributed by atoms with Crippen LogP contribution in [0.1, 0.15) is 50.5 Å². The lowest BCUT2D eigenvalue weighted by Crippen LogP contribution is -2.27. The predicted molar refractivity (Wildman–Crippen MR) is 74.9 cm³/mol. The molecule has 0 aliphatic heterocycles. The van der Waals surface area contributed by atoms with Gasteiger partial charge in [-0.3, -0.25) is 9.48 Å². The first kappa shape index (κ1) is 15.4. The number of hydrogen-bond acceptors (Lipinski definition) is 3. The molecule has 0 saturated carbocycles. The van der Waals surface area contributed by atoms with Gasteiger partial charge in [0.25, 0.3) is 0 Å². The van der Waals surface area contributed by atoms with E-state index in [1.807, 2.05) is 6.92 Å². The fourth-order valence-electron chi connectivity index (χ4n) is 1.89. The molecule has 0 spiro atoms. The minimum Gasteiger partial charge on any atom is -0.370 e. The molecule has 0 bridgehead atoms. The van der Waals surface area contributed by atoms with Gasteiger partial charge in [-0.05, 0) is 35.7 Å². The molecule has 0 saturated heterocycles. The molecule has 1 atom stereocenters. The van der Waals surface area contributed by atoms with Crippen molar-refractivity contribution in [2.45, 2.75) is 52.7 Å². The molecule has 1 heterocycles. The molecule has 1 aromatic heterocycles. The maximum absolute atomic E-state index is 12.5. The van der Waals surface area contributed by atoms with Crippen LogP contribution in [0.25, 0.3) is 0 Å². The lowest BCUT2D eigenvalue weighted by atomic mass is 10.1. The molecular formula is C13H21BrN2O2. The zero-order valence-corrected chi connectivity index (χ0v) is 12.9. The van der Waals surface area contributed by atoms with Crippen molar-refractivity contribution in [2.75, 3.05) is 6.61 Å². The molecule has 0 amide bonds. The number of aryl methyl sites for hydroxylation is 1. The Morgan fingerprint density at radius 1 is 1.44 bits per heavy atom. The minimum absolute atomic E-state index is 0.0246. The van der Waals surface area contributed by atoms with Gasteiger partial charge in [-0.2, -0.15) is 5.10 Å². The number of carbonyl (C=O) groups is 1. The maximum Gasteiger partial charge on any atom is 0.210 e. The summed E-state index contributed by atoms with van der Waals surface area (Å²) in [5.74, 6) is 0.0246. The van der Waals surface area contributed by atoms with E-state index in [2.05, 4.69) is 34.9 Å². The van der Waals surface area contributed by atoms with Crippen molar-refractivity contribution < 1.29 is 9.53 Å². The third-order valence-electron chi connectivity index (χ3n) is 2.67. The van der Waals surface area contributed by atoms with Gasteiger partial charge in [-0.1, -0.05) is 20.3 Å². The fourth-order valence-corrected chi connectivity index (χ4v) is 2.39. The molecule has 1 unspecified atom stereocenters. The van der Waals surface area contributed by atoms with Gasteiger partial charge in [0.05, 0.1) is 10.7 Å². The molecule has 1 rings (SSSR count). The second-order valence-electron chi connectivity index (χ2n) is 4.16. The molecule has 0 aliphatic carbocycles. The third-order valence-corrected chi connectivity index (χ3v) is 3.26. The summed E-state index contributed by atoms with van der Waals surface area (Å²) in [4.78, 5) is 12.5. The average molecular weight is 317 g/mol. The van der Waals surface area contributed by atoms with Crippen LogP contribution in [0, 0.1) is 0 Å². The molecule has 18 heavy (non-hydrogen) atoms. The number of rotatable bonds is 8. The minimum atomic E-state index is -0.358. The van der Waals surface area contributed by atoms with E-state index in [0.29, 0.717) is 12.3 Å². The summed E-state index contributed by atoms with van der Waals surface area (Å²) < 4.78 is 8.05. The number of hydrogen-bond donors (Lipinski definition) is 0. The zero-order chi connectivity index (χ0) is 13.5. The zero-order valence-electron chi connectivity index (χ0n) is 11.3. The van der Waals surface area contributed by atoms with E-state index < -0.39 is 0 Å². The lowest BCUT2D eigenvalue weighted by molar-refractivity contribution is 0.0413. The van der Waals surface area contributed by atoms with Crippen LogP contribution in [-0.2, 0) is 11.3 Å². The first-order chi connectivity index (χ1) is 8.65. The van der Waals surface area contributed by atoms with Crippen LogP contribution < -0.4 is 0 Å². The Hall–Kier alpha value is -0.680. The standard InChI is InChI=1S/C13H21BrN2O2/c1-4-7-11(18-6-3)13(17)12-10(14)9-15-16(12)8-5-2/h9,11H,4-8H2,1-3H3. The molecule has 5 heteroatoms. The van der Waals surface area contributed by atoms with E-state index in [4.69, 9.17) is 4.74 Å². The van der Waals surface area contributed by atoms with Crippen molar-refractivity contribution in [1.82, 2.24) is 9.78 Å². The van der Waals surface area contributed by atoms with E-state index >= 15 is 0 Å². The normalized spacial score (nSPS) is 12.7. The summed E-state index contributed by atoms with van der Waals surface area (Å²) in [6.45, 7) is 7.33. The smallest absolute Gasteiger partial charge is 0.210 e. The first-order valence-corrected chi connectivity index (χ1v) is 7.32. The molecule has 0 radical (unpaired) electrons. The van der Waals surface area contributed by atoms with Crippen molar-refractivity contribution in [3.8, 4) is 0 Å². The summed E-state index contributed by atoms with van der Waals surface area (Å²) in [6, 6.07) is 0. The van der Waals surface area contributed by atoms with Gasteiger partial charge in [0, 0.05) is 13.2 Å². The predicted octanol–water partition coefficient (Wildman–Crippen LogP) is 3.44. The third kappa shape index (κ3) is 3.65. The summed E-state index contributed by atoms with van der Waals surface area (Å²) in [6.07, 6.45) is 3.94. The van der Waals surface area contributed by atoms with E-state index in [9.17, 15) is 4.79 Å². The summed E-state index contributed by atoms with van der Waals surface area (Å²) in [7, 11) is 0. The Balaban J connectivity index is 2.95. The largest absolute Gasteiger partial charge is 0.370 e.